The van der Waals surface area contributed by atoms with Crippen LogP contribution in [0, 0.1) is 0 Å². The van der Waals surface area contributed by atoms with Crippen LogP contribution in [0.2, 0.25) is 0 Å². The summed E-state index contributed by atoms with van der Waals surface area (Å²) in [5.74, 6) is 1.23. The second-order valence-corrected chi connectivity index (χ2v) is 4.01. The third-order valence-electron chi connectivity index (χ3n) is 2.13. The minimum Gasteiger partial charge on any atom is -0.465 e. The first-order valence-electron chi connectivity index (χ1n) is 4.42. The summed E-state index contributed by atoms with van der Waals surface area (Å²) in [4.78, 5) is 4.03. The summed E-state index contributed by atoms with van der Waals surface area (Å²) in [5.41, 5.74) is 0. The molecule has 0 fully saturated rings. The molecular formula is C9H10BrN3O2. The Hall–Kier alpha value is -1.14. The van der Waals surface area contributed by atoms with E-state index in [4.69, 9.17) is 4.42 Å². The van der Waals surface area contributed by atoms with Crippen molar-refractivity contribution in [2.45, 2.75) is 12.5 Å². The van der Waals surface area contributed by atoms with E-state index >= 15 is 0 Å². The Morgan fingerprint density at radius 2 is 2.47 bits per heavy atom. The second-order valence-electron chi connectivity index (χ2n) is 3.15. The van der Waals surface area contributed by atoms with Crippen molar-refractivity contribution < 1.29 is 9.52 Å². The minimum atomic E-state index is -0.711. The predicted molar refractivity (Wildman–Crippen MR) is 56.1 cm³/mol. The molecule has 0 radical (unpaired) electrons. The van der Waals surface area contributed by atoms with Gasteiger partial charge in [-0.3, -0.25) is 4.68 Å². The molecule has 0 aliphatic heterocycles. The molecule has 2 rings (SSSR count). The zero-order valence-corrected chi connectivity index (χ0v) is 9.68. The molecule has 1 N–H and O–H groups in total. The Morgan fingerprint density at radius 1 is 1.67 bits per heavy atom. The van der Waals surface area contributed by atoms with Crippen LogP contribution in [0.3, 0.4) is 0 Å². The van der Waals surface area contributed by atoms with Crippen molar-refractivity contribution >= 4 is 15.9 Å². The molecule has 2 aromatic heterocycles. The van der Waals surface area contributed by atoms with Crippen LogP contribution in [0.4, 0.5) is 0 Å². The van der Waals surface area contributed by atoms with Gasteiger partial charge in [-0.05, 0) is 22.0 Å². The van der Waals surface area contributed by atoms with Crippen LogP contribution in [0.5, 0.6) is 0 Å². The van der Waals surface area contributed by atoms with E-state index in [1.165, 1.54) is 12.6 Å². The van der Waals surface area contributed by atoms with Crippen LogP contribution in [-0.2, 0) is 13.5 Å². The van der Waals surface area contributed by atoms with E-state index in [1.54, 1.807) is 17.8 Å². The first-order valence-corrected chi connectivity index (χ1v) is 5.21. The Bertz CT molecular complexity index is 452. The van der Waals surface area contributed by atoms with Crippen LogP contribution in [-0.4, -0.2) is 19.9 Å². The number of hydrogen-bond acceptors (Lipinski definition) is 4. The number of aliphatic hydroxyl groups excluding tert-OH is 1. The van der Waals surface area contributed by atoms with E-state index in [9.17, 15) is 5.11 Å². The Kier molecular flexibility index (Phi) is 2.88. The smallest absolute Gasteiger partial charge is 0.146 e. The van der Waals surface area contributed by atoms with E-state index in [-0.39, 0.29) is 0 Å². The van der Waals surface area contributed by atoms with E-state index in [2.05, 4.69) is 26.0 Å². The zero-order valence-electron chi connectivity index (χ0n) is 8.09. The largest absolute Gasteiger partial charge is 0.465 e. The van der Waals surface area contributed by atoms with Crippen molar-refractivity contribution in [2.24, 2.45) is 7.05 Å². The summed E-state index contributed by atoms with van der Waals surface area (Å²) in [7, 11) is 1.78. The van der Waals surface area contributed by atoms with Gasteiger partial charge in [0.15, 0.2) is 0 Å². The molecule has 80 valence electrons. The third kappa shape index (κ3) is 2.10. The van der Waals surface area contributed by atoms with Gasteiger partial charge in [0.05, 0.1) is 10.7 Å². The number of furan rings is 1. The van der Waals surface area contributed by atoms with Gasteiger partial charge in [-0.2, -0.15) is 5.10 Å². The minimum absolute atomic E-state index is 0.378. The van der Waals surface area contributed by atoms with Crippen molar-refractivity contribution in [3.05, 3.63) is 34.7 Å². The highest BCUT2D eigenvalue weighted by Gasteiger charge is 2.17. The average Bonchev–Trinajstić information content (AvgIpc) is 2.76. The lowest BCUT2D eigenvalue weighted by atomic mass is 10.2. The highest BCUT2D eigenvalue weighted by atomic mass is 79.9. The van der Waals surface area contributed by atoms with Crippen LogP contribution < -0.4 is 0 Å². The fraction of sp³-hybridized carbons (Fsp3) is 0.333. The first-order chi connectivity index (χ1) is 7.18. The number of hydrogen-bond donors (Lipinski definition) is 1. The Balaban J connectivity index is 2.14. The Labute approximate surface area is 94.9 Å². The van der Waals surface area contributed by atoms with Gasteiger partial charge in [-0.15, -0.1) is 0 Å². The highest BCUT2D eigenvalue weighted by Crippen LogP contribution is 2.26. The number of aromatic nitrogens is 3. The molecule has 0 saturated carbocycles. The molecule has 0 bridgehead atoms. The first kappa shape index (κ1) is 10.4. The van der Waals surface area contributed by atoms with Crippen LogP contribution >= 0.6 is 15.9 Å². The molecule has 5 nitrogen and oxygen atoms in total. The van der Waals surface area contributed by atoms with Gasteiger partial charge in [0.1, 0.15) is 24.0 Å². The van der Waals surface area contributed by atoms with Crippen LogP contribution in [0.25, 0.3) is 0 Å². The number of aliphatic hydroxyl groups is 1. The molecule has 1 atom stereocenters. The SMILES string of the molecule is Cn1ncnc1CC(O)c1occc1Br. The molecule has 15 heavy (non-hydrogen) atoms. The summed E-state index contributed by atoms with van der Waals surface area (Å²) in [6, 6.07) is 1.75. The molecule has 0 aliphatic carbocycles. The van der Waals surface area contributed by atoms with Gasteiger partial charge in [0, 0.05) is 13.5 Å². The molecule has 0 saturated heterocycles. The van der Waals surface area contributed by atoms with Crippen LogP contribution in [0.15, 0.2) is 27.5 Å². The van der Waals surface area contributed by atoms with Gasteiger partial charge < -0.3 is 9.52 Å². The maximum absolute atomic E-state index is 9.88. The lowest BCUT2D eigenvalue weighted by Crippen LogP contribution is -2.07. The third-order valence-corrected chi connectivity index (χ3v) is 2.78. The molecule has 6 heteroatoms. The summed E-state index contributed by atoms with van der Waals surface area (Å²) in [5, 5.41) is 13.8. The van der Waals surface area contributed by atoms with E-state index in [0.29, 0.717) is 18.0 Å². The number of aryl methyl sites for hydroxylation is 1. The summed E-state index contributed by atoms with van der Waals surface area (Å²) < 4.78 is 7.55. The monoisotopic (exact) mass is 271 g/mol. The summed E-state index contributed by atoms with van der Waals surface area (Å²) >= 11 is 3.29. The van der Waals surface area contributed by atoms with E-state index < -0.39 is 6.10 Å². The van der Waals surface area contributed by atoms with Crippen molar-refractivity contribution in [2.75, 3.05) is 0 Å². The van der Waals surface area contributed by atoms with Crippen molar-refractivity contribution in [1.82, 2.24) is 14.8 Å². The highest BCUT2D eigenvalue weighted by molar-refractivity contribution is 9.10. The van der Waals surface area contributed by atoms with Crippen molar-refractivity contribution in [1.29, 1.82) is 0 Å². The maximum atomic E-state index is 9.88. The topological polar surface area (TPSA) is 64.1 Å². The quantitative estimate of drug-likeness (QED) is 0.918. The van der Waals surface area contributed by atoms with Gasteiger partial charge in [0.2, 0.25) is 0 Å². The molecule has 0 aliphatic rings. The Morgan fingerprint density at radius 3 is 3.00 bits per heavy atom. The van der Waals surface area contributed by atoms with Crippen molar-refractivity contribution in [3.63, 3.8) is 0 Å². The molecule has 2 aromatic rings. The van der Waals surface area contributed by atoms with Gasteiger partial charge >= 0.3 is 0 Å². The van der Waals surface area contributed by atoms with Crippen LogP contribution in [0.1, 0.15) is 17.7 Å². The number of rotatable bonds is 3. The predicted octanol–water partition coefficient (Wildman–Crippen LogP) is 1.45. The molecular weight excluding hydrogens is 262 g/mol. The second kappa shape index (κ2) is 4.16. The molecule has 0 spiro atoms. The number of halogens is 1. The number of nitrogens with zero attached hydrogens (tertiary/aromatic N) is 3. The van der Waals surface area contributed by atoms with Gasteiger partial charge in [-0.25, -0.2) is 4.98 Å². The van der Waals surface area contributed by atoms with E-state index in [1.807, 2.05) is 0 Å². The maximum Gasteiger partial charge on any atom is 0.146 e. The fourth-order valence-corrected chi connectivity index (χ4v) is 1.78. The van der Waals surface area contributed by atoms with Crippen molar-refractivity contribution in [3.8, 4) is 0 Å². The summed E-state index contributed by atoms with van der Waals surface area (Å²) in [6.07, 6.45) is 2.65. The molecule has 1 unspecified atom stereocenters. The molecule has 0 amide bonds. The van der Waals surface area contributed by atoms with Gasteiger partial charge in [-0.1, -0.05) is 0 Å². The molecule has 2 heterocycles. The zero-order chi connectivity index (χ0) is 10.8. The van der Waals surface area contributed by atoms with E-state index in [0.717, 1.165) is 4.47 Å². The fourth-order valence-electron chi connectivity index (χ4n) is 1.31. The van der Waals surface area contributed by atoms with Gasteiger partial charge in [0.25, 0.3) is 0 Å². The normalized spacial score (nSPS) is 13.0. The average molecular weight is 272 g/mol. The molecule has 0 aromatic carbocycles. The lowest BCUT2D eigenvalue weighted by molar-refractivity contribution is 0.145. The summed E-state index contributed by atoms with van der Waals surface area (Å²) in [6.45, 7) is 0. The lowest BCUT2D eigenvalue weighted by Gasteiger charge is -2.07. The standard InChI is InChI=1S/C9H10BrN3O2/c1-13-8(11-5-12-13)4-7(14)9-6(10)2-3-15-9/h2-3,5,7,14H,4H2,1H3.